The summed E-state index contributed by atoms with van der Waals surface area (Å²) in [6.45, 7) is 2.12. The van der Waals surface area contributed by atoms with Gasteiger partial charge in [0, 0.05) is 35.5 Å². The third-order valence-electron chi connectivity index (χ3n) is 3.66. The summed E-state index contributed by atoms with van der Waals surface area (Å²) < 4.78 is 0. The molecule has 0 saturated heterocycles. The van der Waals surface area contributed by atoms with E-state index in [1.807, 2.05) is 12.1 Å². The zero-order chi connectivity index (χ0) is 15.2. The molecule has 1 aromatic heterocycles. The van der Waals surface area contributed by atoms with Gasteiger partial charge in [-0.1, -0.05) is 25.5 Å². The number of nitrogens with one attached hydrogen (secondary N) is 1. The second-order valence-electron chi connectivity index (χ2n) is 5.32. The van der Waals surface area contributed by atoms with Crippen LogP contribution < -0.4 is 0 Å². The van der Waals surface area contributed by atoms with Crippen LogP contribution in [0.2, 0.25) is 0 Å². The van der Waals surface area contributed by atoms with Crippen molar-refractivity contribution < 1.29 is 14.7 Å². The molecule has 21 heavy (non-hydrogen) atoms. The summed E-state index contributed by atoms with van der Waals surface area (Å²) in [5, 5.41) is 9.64. The molecule has 4 heteroatoms. The van der Waals surface area contributed by atoms with Crippen LogP contribution in [0.4, 0.5) is 0 Å². The summed E-state index contributed by atoms with van der Waals surface area (Å²) in [4.78, 5) is 26.0. The predicted octanol–water partition coefficient (Wildman–Crippen LogP) is 3.95. The van der Waals surface area contributed by atoms with Crippen LogP contribution >= 0.6 is 0 Å². The number of Topliss-reactive ketones (excluding diaryl/α,β-unsaturated/α-hetero) is 1. The second kappa shape index (κ2) is 7.07. The summed E-state index contributed by atoms with van der Waals surface area (Å²) in [7, 11) is 0. The van der Waals surface area contributed by atoms with Crippen molar-refractivity contribution in [3.05, 3.63) is 35.5 Å². The average Bonchev–Trinajstić information content (AvgIpc) is 2.88. The van der Waals surface area contributed by atoms with Gasteiger partial charge in [0.25, 0.3) is 0 Å². The number of hydrogen-bond donors (Lipinski definition) is 2. The lowest BCUT2D eigenvalue weighted by atomic mass is 9.98. The van der Waals surface area contributed by atoms with E-state index in [1.54, 1.807) is 6.20 Å². The number of aromatic amines is 1. The Morgan fingerprint density at radius 3 is 2.67 bits per heavy atom. The summed E-state index contributed by atoms with van der Waals surface area (Å²) in [6, 6.07) is 6.06. The standard InChI is InChI=1S/C17H21NO3/c1-2-6-12-7-5-8-14-17(12)13(11-18-14)15(19)9-3-4-10-16(20)21/h5,7-8,11,18H,2-4,6,9-10H2,1H3,(H,20,21). The molecule has 4 nitrogen and oxygen atoms in total. The van der Waals surface area contributed by atoms with E-state index in [0.717, 1.165) is 29.3 Å². The van der Waals surface area contributed by atoms with E-state index in [0.29, 0.717) is 19.3 Å². The van der Waals surface area contributed by atoms with Gasteiger partial charge in [0.1, 0.15) is 0 Å². The van der Waals surface area contributed by atoms with Crippen LogP contribution in [0.25, 0.3) is 10.9 Å². The third kappa shape index (κ3) is 3.72. The molecule has 2 aromatic rings. The van der Waals surface area contributed by atoms with E-state index in [-0.39, 0.29) is 12.2 Å². The first-order valence-corrected chi connectivity index (χ1v) is 7.47. The molecule has 2 rings (SSSR count). The molecular formula is C17H21NO3. The van der Waals surface area contributed by atoms with Crippen molar-refractivity contribution in [2.45, 2.75) is 45.4 Å². The minimum atomic E-state index is -0.806. The van der Waals surface area contributed by atoms with Gasteiger partial charge in [-0.3, -0.25) is 9.59 Å². The normalized spacial score (nSPS) is 10.9. The summed E-state index contributed by atoms with van der Waals surface area (Å²) in [5.74, 6) is -0.713. The number of carboxylic acid groups (broad SMARTS) is 1. The molecule has 0 radical (unpaired) electrons. The Bertz CT molecular complexity index is 643. The first kappa shape index (κ1) is 15.3. The molecule has 0 fully saturated rings. The summed E-state index contributed by atoms with van der Waals surface area (Å²) >= 11 is 0. The number of carbonyl (C=O) groups excluding carboxylic acids is 1. The fourth-order valence-electron chi connectivity index (χ4n) is 2.65. The van der Waals surface area contributed by atoms with Crippen molar-refractivity contribution in [3.63, 3.8) is 0 Å². The summed E-state index contributed by atoms with van der Waals surface area (Å²) in [5.41, 5.74) is 2.93. The van der Waals surface area contributed by atoms with Crippen molar-refractivity contribution in [2.24, 2.45) is 0 Å². The molecule has 0 unspecified atom stereocenters. The molecule has 0 spiro atoms. The minimum absolute atomic E-state index is 0.0928. The van der Waals surface area contributed by atoms with Gasteiger partial charge in [0.15, 0.2) is 5.78 Å². The van der Waals surface area contributed by atoms with Crippen LogP contribution in [0.3, 0.4) is 0 Å². The van der Waals surface area contributed by atoms with Gasteiger partial charge >= 0.3 is 5.97 Å². The van der Waals surface area contributed by atoms with Crippen LogP contribution in [0.5, 0.6) is 0 Å². The quantitative estimate of drug-likeness (QED) is 0.570. The maximum absolute atomic E-state index is 12.4. The topological polar surface area (TPSA) is 70.2 Å². The maximum atomic E-state index is 12.4. The second-order valence-corrected chi connectivity index (χ2v) is 5.32. The molecule has 2 N–H and O–H groups in total. The highest BCUT2D eigenvalue weighted by atomic mass is 16.4. The highest BCUT2D eigenvalue weighted by molar-refractivity contribution is 6.09. The van der Waals surface area contributed by atoms with Crippen molar-refractivity contribution in [3.8, 4) is 0 Å². The number of aryl methyl sites for hydroxylation is 1. The SMILES string of the molecule is CCCc1cccc2[nH]cc(C(=O)CCCCC(=O)O)c12. The number of carboxylic acids is 1. The van der Waals surface area contributed by atoms with Crippen LogP contribution in [-0.2, 0) is 11.2 Å². The lowest BCUT2D eigenvalue weighted by molar-refractivity contribution is -0.137. The monoisotopic (exact) mass is 287 g/mol. The molecule has 0 amide bonds. The van der Waals surface area contributed by atoms with E-state index in [4.69, 9.17) is 5.11 Å². The number of ketones is 1. The number of unbranched alkanes of at least 4 members (excludes halogenated alkanes) is 1. The zero-order valence-electron chi connectivity index (χ0n) is 12.3. The fourth-order valence-corrected chi connectivity index (χ4v) is 2.65. The highest BCUT2D eigenvalue weighted by Gasteiger charge is 2.14. The highest BCUT2D eigenvalue weighted by Crippen LogP contribution is 2.25. The molecule has 0 aliphatic heterocycles. The van der Waals surface area contributed by atoms with Gasteiger partial charge in [-0.05, 0) is 30.9 Å². The molecular weight excluding hydrogens is 266 g/mol. The van der Waals surface area contributed by atoms with Crippen LogP contribution in [-0.4, -0.2) is 21.8 Å². The number of H-pyrrole nitrogens is 1. The van der Waals surface area contributed by atoms with Gasteiger partial charge in [-0.25, -0.2) is 0 Å². The number of benzene rings is 1. The largest absolute Gasteiger partial charge is 0.481 e. The van der Waals surface area contributed by atoms with Crippen molar-refractivity contribution in [1.82, 2.24) is 4.98 Å². The molecule has 0 saturated carbocycles. The van der Waals surface area contributed by atoms with E-state index in [2.05, 4.69) is 18.0 Å². The van der Waals surface area contributed by atoms with Crippen LogP contribution in [0, 0.1) is 0 Å². The number of fused-ring (bicyclic) bond motifs is 1. The number of carbonyl (C=O) groups is 2. The molecule has 0 aliphatic rings. The molecule has 1 aromatic carbocycles. The first-order chi connectivity index (χ1) is 10.1. The Labute approximate surface area is 124 Å². The number of aliphatic carboxylic acids is 1. The first-order valence-electron chi connectivity index (χ1n) is 7.47. The van der Waals surface area contributed by atoms with E-state index in [1.165, 1.54) is 5.56 Å². The average molecular weight is 287 g/mol. The number of rotatable bonds is 8. The number of aromatic nitrogens is 1. The fraction of sp³-hybridized carbons (Fsp3) is 0.412. The summed E-state index contributed by atoms with van der Waals surface area (Å²) in [6.07, 6.45) is 5.47. The van der Waals surface area contributed by atoms with E-state index in [9.17, 15) is 9.59 Å². The third-order valence-corrected chi connectivity index (χ3v) is 3.66. The Morgan fingerprint density at radius 2 is 1.95 bits per heavy atom. The van der Waals surface area contributed by atoms with Crippen molar-refractivity contribution in [2.75, 3.05) is 0 Å². The number of hydrogen-bond acceptors (Lipinski definition) is 2. The lowest BCUT2D eigenvalue weighted by Crippen LogP contribution is -2.01. The van der Waals surface area contributed by atoms with Gasteiger partial charge in [-0.15, -0.1) is 0 Å². The van der Waals surface area contributed by atoms with Gasteiger partial charge in [-0.2, -0.15) is 0 Å². The zero-order valence-corrected chi connectivity index (χ0v) is 12.3. The molecule has 112 valence electrons. The van der Waals surface area contributed by atoms with Crippen LogP contribution in [0.15, 0.2) is 24.4 Å². The molecule has 0 atom stereocenters. The van der Waals surface area contributed by atoms with Gasteiger partial charge < -0.3 is 10.1 Å². The Kier molecular flexibility index (Phi) is 5.14. The van der Waals surface area contributed by atoms with E-state index < -0.39 is 5.97 Å². The molecule has 1 heterocycles. The maximum Gasteiger partial charge on any atom is 0.303 e. The molecule has 0 aliphatic carbocycles. The molecule has 0 bridgehead atoms. The minimum Gasteiger partial charge on any atom is -0.481 e. The van der Waals surface area contributed by atoms with Gasteiger partial charge in [0.2, 0.25) is 0 Å². The lowest BCUT2D eigenvalue weighted by Gasteiger charge is -2.04. The predicted molar refractivity (Wildman–Crippen MR) is 82.7 cm³/mol. The Balaban J connectivity index is 2.13. The Morgan fingerprint density at radius 1 is 1.19 bits per heavy atom. The van der Waals surface area contributed by atoms with Crippen LogP contribution in [0.1, 0.15) is 54.9 Å². The van der Waals surface area contributed by atoms with Crippen molar-refractivity contribution in [1.29, 1.82) is 0 Å². The van der Waals surface area contributed by atoms with Crippen molar-refractivity contribution >= 4 is 22.7 Å². The Hall–Kier alpha value is -2.10. The van der Waals surface area contributed by atoms with E-state index >= 15 is 0 Å². The van der Waals surface area contributed by atoms with Gasteiger partial charge in [0.05, 0.1) is 0 Å². The smallest absolute Gasteiger partial charge is 0.303 e.